The second-order valence-corrected chi connectivity index (χ2v) is 5.06. The average molecular weight is 261 g/mol. The molecule has 1 spiro atoms. The molecule has 0 atom stereocenters. The van der Waals surface area contributed by atoms with E-state index in [2.05, 4.69) is 10.3 Å². The Balaban J connectivity index is 1.99. The summed E-state index contributed by atoms with van der Waals surface area (Å²) in [5.41, 5.74) is 0.726. The fourth-order valence-electron chi connectivity index (χ4n) is 2.75. The summed E-state index contributed by atoms with van der Waals surface area (Å²) < 4.78 is 13.0. The highest BCUT2D eigenvalue weighted by Gasteiger charge is 2.45. The summed E-state index contributed by atoms with van der Waals surface area (Å²) in [6, 6.07) is 5.94. The van der Waals surface area contributed by atoms with Gasteiger partial charge in [0.1, 0.15) is 17.2 Å². The van der Waals surface area contributed by atoms with Gasteiger partial charge in [-0.3, -0.25) is 9.79 Å². The lowest BCUT2D eigenvalue weighted by Gasteiger charge is -2.37. The van der Waals surface area contributed by atoms with Crippen LogP contribution in [0.3, 0.4) is 0 Å². The van der Waals surface area contributed by atoms with Crippen molar-refractivity contribution in [3.05, 3.63) is 35.6 Å². The Labute approximate surface area is 111 Å². The fourth-order valence-corrected chi connectivity index (χ4v) is 2.75. The van der Waals surface area contributed by atoms with Crippen molar-refractivity contribution < 1.29 is 9.18 Å². The molecule has 0 radical (unpaired) electrons. The van der Waals surface area contributed by atoms with Gasteiger partial charge in [0.15, 0.2) is 0 Å². The number of carbonyl (C=O) groups is 1. The molecule has 1 aromatic carbocycles. The first-order chi connectivity index (χ1) is 9.12. The second kappa shape index (κ2) is 4.42. The van der Waals surface area contributed by atoms with Crippen LogP contribution in [-0.4, -0.2) is 42.3 Å². The number of rotatable bonds is 1. The third kappa shape index (κ3) is 1.94. The predicted octanol–water partition coefficient (Wildman–Crippen LogP) is 1.17. The zero-order valence-corrected chi connectivity index (χ0v) is 10.8. The maximum absolute atomic E-state index is 13.0. The van der Waals surface area contributed by atoms with Gasteiger partial charge in [-0.15, -0.1) is 0 Å². The van der Waals surface area contributed by atoms with Crippen molar-refractivity contribution in [2.75, 3.05) is 20.1 Å². The lowest BCUT2D eigenvalue weighted by atomic mass is 9.98. The van der Waals surface area contributed by atoms with Crippen molar-refractivity contribution in [2.24, 2.45) is 4.99 Å². The van der Waals surface area contributed by atoms with Crippen molar-refractivity contribution in [2.45, 2.75) is 18.5 Å². The average Bonchev–Trinajstić information content (AvgIpc) is 2.67. The zero-order valence-electron chi connectivity index (χ0n) is 10.8. The number of hydrogen-bond donors (Lipinski definition) is 1. The van der Waals surface area contributed by atoms with Crippen LogP contribution < -0.4 is 5.32 Å². The van der Waals surface area contributed by atoms with Crippen molar-refractivity contribution in [3.63, 3.8) is 0 Å². The van der Waals surface area contributed by atoms with Gasteiger partial charge in [0.2, 0.25) is 0 Å². The van der Waals surface area contributed by atoms with E-state index < -0.39 is 5.66 Å². The van der Waals surface area contributed by atoms with Crippen LogP contribution in [0.4, 0.5) is 4.39 Å². The van der Waals surface area contributed by atoms with Gasteiger partial charge >= 0.3 is 0 Å². The molecule has 4 nitrogen and oxygen atoms in total. The van der Waals surface area contributed by atoms with Gasteiger partial charge in [-0.25, -0.2) is 4.39 Å². The molecule has 1 saturated heterocycles. The van der Waals surface area contributed by atoms with Crippen molar-refractivity contribution in [3.8, 4) is 0 Å². The molecule has 2 aliphatic rings. The summed E-state index contributed by atoms with van der Waals surface area (Å²) in [4.78, 5) is 18.7. The molecule has 3 rings (SSSR count). The molecule has 1 fully saturated rings. The van der Waals surface area contributed by atoms with Crippen LogP contribution in [0.1, 0.15) is 18.4 Å². The van der Waals surface area contributed by atoms with Crippen LogP contribution in [0.5, 0.6) is 0 Å². The van der Waals surface area contributed by atoms with Crippen LogP contribution in [0.2, 0.25) is 0 Å². The highest BCUT2D eigenvalue weighted by molar-refractivity contribution is 6.46. The molecule has 0 unspecified atom stereocenters. The van der Waals surface area contributed by atoms with E-state index in [1.807, 2.05) is 0 Å². The molecule has 0 bridgehead atoms. The van der Waals surface area contributed by atoms with E-state index in [9.17, 15) is 9.18 Å². The molecule has 19 heavy (non-hydrogen) atoms. The molecule has 1 N–H and O–H groups in total. The van der Waals surface area contributed by atoms with E-state index in [0.717, 1.165) is 25.9 Å². The van der Waals surface area contributed by atoms with E-state index in [-0.39, 0.29) is 11.7 Å². The molecule has 1 aromatic rings. The van der Waals surface area contributed by atoms with Gasteiger partial charge in [0.25, 0.3) is 5.91 Å². The third-order valence-electron chi connectivity index (χ3n) is 3.97. The van der Waals surface area contributed by atoms with Crippen molar-refractivity contribution in [1.29, 1.82) is 0 Å². The van der Waals surface area contributed by atoms with Crippen LogP contribution in [0.15, 0.2) is 29.3 Å². The van der Waals surface area contributed by atoms with Gasteiger partial charge in [0.05, 0.1) is 0 Å². The summed E-state index contributed by atoms with van der Waals surface area (Å²) in [7, 11) is 1.80. The van der Waals surface area contributed by atoms with E-state index >= 15 is 0 Å². The number of amides is 1. The Morgan fingerprint density at radius 2 is 1.89 bits per heavy atom. The summed E-state index contributed by atoms with van der Waals surface area (Å²) in [6.07, 6.45) is 1.64. The Morgan fingerprint density at radius 1 is 1.26 bits per heavy atom. The number of nitrogens with one attached hydrogen (secondary N) is 1. The van der Waals surface area contributed by atoms with Crippen LogP contribution in [0, 0.1) is 5.82 Å². The fraction of sp³-hybridized carbons (Fsp3) is 0.429. The number of carbonyl (C=O) groups excluding carboxylic acids is 1. The molecule has 5 heteroatoms. The van der Waals surface area contributed by atoms with E-state index in [1.165, 1.54) is 12.1 Å². The second-order valence-electron chi connectivity index (χ2n) is 5.06. The Morgan fingerprint density at radius 3 is 2.53 bits per heavy atom. The standard InChI is InChI=1S/C14H16FN3O/c1-18-13(19)12(10-2-4-11(15)5-3-10)17-14(18)6-8-16-9-7-14/h2-5,16H,6-9H2,1H3. The van der Waals surface area contributed by atoms with E-state index in [4.69, 9.17) is 0 Å². The van der Waals surface area contributed by atoms with E-state index in [0.29, 0.717) is 11.3 Å². The number of piperidine rings is 1. The minimum absolute atomic E-state index is 0.0755. The number of nitrogens with zero attached hydrogens (tertiary/aromatic N) is 2. The van der Waals surface area contributed by atoms with Gasteiger partial charge in [-0.2, -0.15) is 0 Å². The molecule has 2 aliphatic heterocycles. The third-order valence-corrected chi connectivity index (χ3v) is 3.97. The van der Waals surface area contributed by atoms with Gasteiger partial charge in [0, 0.05) is 25.5 Å². The number of benzene rings is 1. The molecule has 0 aliphatic carbocycles. The Bertz CT molecular complexity index is 532. The first-order valence-corrected chi connectivity index (χ1v) is 6.47. The first-order valence-electron chi connectivity index (χ1n) is 6.47. The molecular formula is C14H16FN3O. The molecule has 0 aromatic heterocycles. The Kier molecular flexibility index (Phi) is 2.86. The van der Waals surface area contributed by atoms with Crippen LogP contribution in [0.25, 0.3) is 0 Å². The first kappa shape index (κ1) is 12.3. The van der Waals surface area contributed by atoms with E-state index in [1.54, 1.807) is 24.1 Å². The monoisotopic (exact) mass is 261 g/mol. The largest absolute Gasteiger partial charge is 0.316 e. The normalized spacial score (nSPS) is 21.9. The zero-order chi connectivity index (χ0) is 13.5. The number of halogens is 1. The molecule has 100 valence electrons. The number of aliphatic imine (C=N–C) groups is 1. The lowest BCUT2D eigenvalue weighted by Crippen LogP contribution is -2.50. The number of hydrogen-bond acceptors (Lipinski definition) is 3. The quantitative estimate of drug-likeness (QED) is 0.824. The van der Waals surface area contributed by atoms with Gasteiger partial charge < -0.3 is 10.2 Å². The minimum atomic E-state index is -0.411. The summed E-state index contributed by atoms with van der Waals surface area (Å²) in [5, 5.41) is 3.28. The number of likely N-dealkylation sites (N-methyl/N-ethyl adjacent to an activating group) is 1. The van der Waals surface area contributed by atoms with Crippen molar-refractivity contribution >= 4 is 11.6 Å². The van der Waals surface area contributed by atoms with Gasteiger partial charge in [-0.1, -0.05) is 0 Å². The maximum atomic E-state index is 13.0. The lowest BCUT2D eigenvalue weighted by molar-refractivity contribution is -0.126. The predicted molar refractivity (Wildman–Crippen MR) is 70.5 cm³/mol. The molecule has 0 saturated carbocycles. The molecule has 1 amide bonds. The minimum Gasteiger partial charge on any atom is -0.316 e. The summed E-state index contributed by atoms with van der Waals surface area (Å²) in [5.74, 6) is -0.381. The summed E-state index contributed by atoms with van der Waals surface area (Å²) >= 11 is 0. The van der Waals surface area contributed by atoms with Crippen molar-refractivity contribution in [1.82, 2.24) is 10.2 Å². The Hall–Kier alpha value is -1.75. The highest BCUT2D eigenvalue weighted by atomic mass is 19.1. The summed E-state index contributed by atoms with van der Waals surface area (Å²) in [6.45, 7) is 1.72. The van der Waals surface area contributed by atoms with Gasteiger partial charge in [-0.05, 0) is 37.4 Å². The topological polar surface area (TPSA) is 44.7 Å². The molecule has 2 heterocycles. The molecular weight excluding hydrogens is 245 g/mol. The van der Waals surface area contributed by atoms with Crippen LogP contribution in [-0.2, 0) is 4.79 Å². The van der Waals surface area contributed by atoms with Crippen LogP contribution >= 0.6 is 0 Å². The maximum Gasteiger partial charge on any atom is 0.274 e. The SMILES string of the molecule is CN1C(=O)C(c2ccc(F)cc2)=NC12CCNCC2. The smallest absolute Gasteiger partial charge is 0.274 e. The highest BCUT2D eigenvalue weighted by Crippen LogP contribution is 2.33.